The maximum atomic E-state index is 12.3. The molecule has 2 rings (SSSR count). The second-order valence-electron chi connectivity index (χ2n) is 5.62. The lowest BCUT2D eigenvalue weighted by atomic mass is 10.1. The van der Waals surface area contributed by atoms with Gasteiger partial charge in [-0.25, -0.2) is 0 Å². The van der Waals surface area contributed by atoms with Crippen molar-refractivity contribution in [2.75, 3.05) is 32.7 Å². The van der Waals surface area contributed by atoms with Crippen molar-refractivity contribution in [2.24, 2.45) is 0 Å². The van der Waals surface area contributed by atoms with Crippen LogP contribution in [0.1, 0.15) is 24.2 Å². The lowest BCUT2D eigenvalue weighted by Crippen LogP contribution is -2.51. The average molecular weight is 337 g/mol. The molecule has 1 fully saturated rings. The highest BCUT2D eigenvalue weighted by atomic mass is 35.5. The molecule has 0 saturated carbocycles. The van der Waals surface area contributed by atoms with Crippen LogP contribution in [0.15, 0.2) is 6.07 Å². The van der Waals surface area contributed by atoms with Crippen LogP contribution in [0, 0.1) is 0 Å². The molecule has 7 heteroatoms. The molecular weight excluding hydrogens is 319 g/mol. The summed E-state index contributed by atoms with van der Waals surface area (Å²) in [6, 6.07) is 1.63. The van der Waals surface area contributed by atoms with E-state index in [0.717, 1.165) is 13.1 Å². The average Bonchev–Trinajstić information content (AvgIpc) is 2.66. The zero-order valence-electron chi connectivity index (χ0n) is 11.5. The number of carbonyl (C=O) groups is 1. The smallest absolute Gasteiger partial charge is 0.256 e. The van der Waals surface area contributed by atoms with E-state index in [4.69, 9.17) is 23.2 Å². The molecule has 0 aromatic carbocycles. The van der Waals surface area contributed by atoms with Crippen molar-refractivity contribution in [1.82, 2.24) is 9.80 Å². The monoisotopic (exact) mass is 336 g/mol. The first kappa shape index (κ1) is 16.0. The highest BCUT2D eigenvalue weighted by molar-refractivity contribution is 7.20. The standard InChI is InChI=1S/C13H18Cl2N2O2S/c1-13(2,19)8-16-3-5-17(6-4-16)12(18)9-7-10(14)20-11(9)15/h7,19H,3-6,8H2,1-2H3. The summed E-state index contributed by atoms with van der Waals surface area (Å²) in [6.45, 7) is 6.98. The first-order chi connectivity index (χ1) is 9.26. The Morgan fingerprint density at radius 3 is 2.40 bits per heavy atom. The Morgan fingerprint density at radius 2 is 1.95 bits per heavy atom. The van der Waals surface area contributed by atoms with Crippen molar-refractivity contribution >= 4 is 40.4 Å². The molecule has 0 aliphatic carbocycles. The zero-order chi connectivity index (χ0) is 14.9. The van der Waals surface area contributed by atoms with Gasteiger partial charge in [0.05, 0.1) is 15.5 Å². The largest absolute Gasteiger partial charge is 0.389 e. The van der Waals surface area contributed by atoms with Gasteiger partial charge in [0.1, 0.15) is 4.34 Å². The summed E-state index contributed by atoms with van der Waals surface area (Å²) in [5.41, 5.74) is -0.228. The molecular formula is C13H18Cl2N2O2S. The minimum absolute atomic E-state index is 0.0685. The Bertz CT molecular complexity index is 491. The van der Waals surface area contributed by atoms with Crippen LogP contribution in [0.4, 0.5) is 0 Å². The van der Waals surface area contributed by atoms with E-state index in [0.29, 0.717) is 33.9 Å². The fraction of sp³-hybridized carbons (Fsp3) is 0.615. The van der Waals surface area contributed by atoms with Gasteiger partial charge in [0.25, 0.3) is 5.91 Å². The predicted molar refractivity (Wildman–Crippen MR) is 83.0 cm³/mol. The number of aliphatic hydroxyl groups is 1. The van der Waals surface area contributed by atoms with Gasteiger partial charge >= 0.3 is 0 Å². The van der Waals surface area contributed by atoms with Gasteiger partial charge in [-0.2, -0.15) is 0 Å². The minimum Gasteiger partial charge on any atom is -0.389 e. The van der Waals surface area contributed by atoms with E-state index in [-0.39, 0.29) is 5.91 Å². The zero-order valence-corrected chi connectivity index (χ0v) is 13.9. The highest BCUT2D eigenvalue weighted by Crippen LogP contribution is 2.32. The van der Waals surface area contributed by atoms with Crippen molar-refractivity contribution in [3.63, 3.8) is 0 Å². The summed E-state index contributed by atoms with van der Waals surface area (Å²) in [5, 5.41) is 9.81. The summed E-state index contributed by atoms with van der Waals surface area (Å²) in [5.74, 6) is -0.0685. The highest BCUT2D eigenvalue weighted by Gasteiger charge is 2.27. The molecule has 0 bridgehead atoms. The first-order valence-corrected chi connectivity index (χ1v) is 8.02. The number of hydrogen-bond acceptors (Lipinski definition) is 4. The number of rotatable bonds is 3. The van der Waals surface area contributed by atoms with E-state index in [1.165, 1.54) is 11.3 Å². The SMILES string of the molecule is CC(C)(O)CN1CCN(C(=O)c2cc(Cl)sc2Cl)CC1. The Labute approximate surface area is 132 Å². The summed E-state index contributed by atoms with van der Waals surface area (Å²) < 4.78 is 0.970. The van der Waals surface area contributed by atoms with Crippen LogP contribution in [0.25, 0.3) is 0 Å². The lowest BCUT2D eigenvalue weighted by molar-refractivity contribution is 0.0179. The van der Waals surface area contributed by atoms with Crippen molar-refractivity contribution in [3.8, 4) is 0 Å². The number of nitrogens with zero attached hydrogens (tertiary/aromatic N) is 2. The van der Waals surface area contributed by atoms with Crippen LogP contribution >= 0.6 is 34.5 Å². The second kappa shape index (κ2) is 6.20. The van der Waals surface area contributed by atoms with Crippen molar-refractivity contribution in [2.45, 2.75) is 19.4 Å². The Hall–Kier alpha value is -0.330. The third-order valence-corrected chi connectivity index (χ3v) is 4.64. The fourth-order valence-electron chi connectivity index (χ4n) is 2.31. The molecule has 2 heterocycles. The Morgan fingerprint density at radius 1 is 1.35 bits per heavy atom. The third-order valence-electron chi connectivity index (χ3n) is 3.16. The molecule has 0 radical (unpaired) electrons. The second-order valence-corrected chi connectivity index (χ2v) is 7.90. The van der Waals surface area contributed by atoms with Crippen molar-refractivity contribution < 1.29 is 9.90 Å². The van der Waals surface area contributed by atoms with Crippen LogP contribution < -0.4 is 0 Å². The molecule has 1 amide bonds. The predicted octanol–water partition coefficient (Wildman–Crippen LogP) is 2.58. The van der Waals surface area contributed by atoms with Crippen LogP contribution in [0.2, 0.25) is 8.67 Å². The molecule has 1 N–H and O–H groups in total. The number of carbonyl (C=O) groups excluding carboxylic acids is 1. The maximum Gasteiger partial charge on any atom is 0.256 e. The Balaban J connectivity index is 1.94. The number of halogens is 2. The van der Waals surface area contributed by atoms with E-state index < -0.39 is 5.60 Å². The third kappa shape index (κ3) is 4.09. The number of amides is 1. The fourth-order valence-corrected chi connectivity index (χ4v) is 3.76. The lowest BCUT2D eigenvalue weighted by Gasteiger charge is -2.37. The number of hydrogen-bond donors (Lipinski definition) is 1. The van der Waals surface area contributed by atoms with Crippen molar-refractivity contribution in [3.05, 3.63) is 20.3 Å². The molecule has 20 heavy (non-hydrogen) atoms. The van der Waals surface area contributed by atoms with Gasteiger partial charge in [-0.05, 0) is 19.9 Å². The first-order valence-electron chi connectivity index (χ1n) is 6.45. The van der Waals surface area contributed by atoms with E-state index >= 15 is 0 Å². The van der Waals surface area contributed by atoms with Gasteiger partial charge in [0.2, 0.25) is 0 Å². The molecule has 0 spiro atoms. The van der Waals surface area contributed by atoms with Crippen LogP contribution in [-0.4, -0.2) is 59.1 Å². The summed E-state index contributed by atoms with van der Waals surface area (Å²) in [4.78, 5) is 16.3. The van der Waals surface area contributed by atoms with Gasteiger partial charge in [-0.15, -0.1) is 11.3 Å². The van der Waals surface area contributed by atoms with Gasteiger partial charge in [-0.1, -0.05) is 23.2 Å². The molecule has 1 aliphatic rings. The molecule has 0 unspecified atom stereocenters. The molecule has 4 nitrogen and oxygen atoms in total. The van der Waals surface area contributed by atoms with Gasteiger partial charge < -0.3 is 10.0 Å². The van der Waals surface area contributed by atoms with Crippen molar-refractivity contribution in [1.29, 1.82) is 0 Å². The summed E-state index contributed by atoms with van der Waals surface area (Å²) in [6.07, 6.45) is 0. The van der Waals surface area contributed by atoms with E-state index in [1.54, 1.807) is 24.8 Å². The quantitative estimate of drug-likeness (QED) is 0.922. The van der Waals surface area contributed by atoms with Crippen LogP contribution in [0.3, 0.4) is 0 Å². The van der Waals surface area contributed by atoms with Gasteiger partial charge in [-0.3, -0.25) is 9.69 Å². The van der Waals surface area contributed by atoms with E-state index in [1.807, 2.05) is 0 Å². The minimum atomic E-state index is -0.712. The number of piperazine rings is 1. The Kier molecular flexibility index (Phi) is 4.97. The molecule has 1 aromatic heterocycles. The molecule has 1 aliphatic heterocycles. The molecule has 1 aromatic rings. The van der Waals surface area contributed by atoms with E-state index in [9.17, 15) is 9.90 Å². The molecule has 112 valence electrons. The van der Waals surface area contributed by atoms with Gasteiger partial charge in [0.15, 0.2) is 0 Å². The topological polar surface area (TPSA) is 43.8 Å². The van der Waals surface area contributed by atoms with Crippen LogP contribution in [0.5, 0.6) is 0 Å². The maximum absolute atomic E-state index is 12.3. The molecule has 1 saturated heterocycles. The summed E-state index contributed by atoms with van der Waals surface area (Å²) in [7, 11) is 0. The van der Waals surface area contributed by atoms with E-state index in [2.05, 4.69) is 4.90 Å². The number of β-amino-alcohol motifs (C(OH)–C–C–N with tert-alkyl or cyclic N) is 1. The van der Waals surface area contributed by atoms with Crippen LogP contribution in [-0.2, 0) is 0 Å². The number of thiophene rings is 1. The normalized spacial score (nSPS) is 17.6. The van der Waals surface area contributed by atoms with Gasteiger partial charge in [0, 0.05) is 32.7 Å². The summed E-state index contributed by atoms with van der Waals surface area (Å²) >= 11 is 13.1. The molecule has 0 atom stereocenters.